The van der Waals surface area contributed by atoms with E-state index in [9.17, 15) is 19.7 Å². The van der Waals surface area contributed by atoms with Crippen molar-refractivity contribution in [3.8, 4) is 0 Å². The molecule has 31 heavy (non-hydrogen) atoms. The van der Waals surface area contributed by atoms with Gasteiger partial charge < -0.3 is 4.74 Å². The zero-order valence-corrected chi connectivity index (χ0v) is 17.8. The van der Waals surface area contributed by atoms with Gasteiger partial charge in [-0.2, -0.15) is 0 Å². The number of likely N-dealkylation sites (tertiary alicyclic amines) is 1. The lowest BCUT2D eigenvalue weighted by atomic mass is 9.57. The second-order valence-electron chi connectivity index (χ2n) is 9.54. The molecule has 2 bridgehead atoms. The Kier molecular flexibility index (Phi) is 4.52. The minimum absolute atomic E-state index is 0.0662. The van der Waals surface area contributed by atoms with Crippen LogP contribution in [0, 0.1) is 33.8 Å². The van der Waals surface area contributed by atoms with Crippen LogP contribution < -0.4 is 0 Å². The van der Waals surface area contributed by atoms with Crippen LogP contribution in [0.15, 0.2) is 24.3 Å². The molecule has 1 aromatic carbocycles. The average molecular weight is 430 g/mol. The number of benzene rings is 1. The Morgan fingerprint density at radius 3 is 2.71 bits per heavy atom. The van der Waals surface area contributed by atoms with Gasteiger partial charge in [0.05, 0.1) is 4.92 Å². The molecule has 1 aliphatic carbocycles. The number of nitro benzene ring substituents is 1. The van der Waals surface area contributed by atoms with Gasteiger partial charge in [-0.1, -0.05) is 19.9 Å². The van der Waals surface area contributed by atoms with E-state index in [4.69, 9.17) is 14.5 Å². The number of ether oxygens (including phenoxy) is 1. The Balaban J connectivity index is 1.63. The lowest BCUT2D eigenvalue weighted by Crippen LogP contribution is -2.75. The van der Waals surface area contributed by atoms with Crippen molar-refractivity contribution >= 4 is 17.5 Å². The minimum Gasteiger partial charge on any atom is -0.320 e. The fourth-order valence-corrected chi connectivity index (χ4v) is 6.16. The molecule has 2 amide bonds. The number of imide groups is 1. The molecular weight excluding hydrogens is 404 g/mol. The van der Waals surface area contributed by atoms with E-state index in [1.165, 1.54) is 24.3 Å². The Hall–Kier alpha value is -2.36. The van der Waals surface area contributed by atoms with Gasteiger partial charge in [-0.3, -0.25) is 19.7 Å². The summed E-state index contributed by atoms with van der Waals surface area (Å²) in [5.41, 5.74) is -1.09. The van der Waals surface area contributed by atoms with E-state index < -0.39 is 34.4 Å². The summed E-state index contributed by atoms with van der Waals surface area (Å²) in [7, 11) is 0. The lowest BCUT2D eigenvalue weighted by molar-refractivity contribution is -0.545. The highest BCUT2D eigenvalue weighted by atomic mass is 17.3. The van der Waals surface area contributed by atoms with Gasteiger partial charge >= 0.3 is 0 Å². The van der Waals surface area contributed by atoms with Crippen molar-refractivity contribution in [2.75, 3.05) is 0 Å². The van der Waals surface area contributed by atoms with Gasteiger partial charge in [-0.15, -0.1) is 0 Å². The predicted octanol–water partition coefficient (Wildman–Crippen LogP) is 3.43. The van der Waals surface area contributed by atoms with Gasteiger partial charge in [-0.25, -0.2) is 14.7 Å². The summed E-state index contributed by atoms with van der Waals surface area (Å²) < 4.78 is 6.33. The summed E-state index contributed by atoms with van der Waals surface area (Å²) in [5, 5.41) is 11.2. The number of amides is 2. The second-order valence-corrected chi connectivity index (χ2v) is 9.54. The molecule has 0 aromatic heterocycles. The highest BCUT2D eigenvalue weighted by molar-refractivity contribution is 6.06. The van der Waals surface area contributed by atoms with E-state index in [-0.39, 0.29) is 29.0 Å². The highest BCUT2D eigenvalue weighted by Crippen LogP contribution is 2.60. The fraction of sp³-hybridized carbons (Fsp3) is 0.636. The molecule has 1 saturated carbocycles. The number of non-ortho nitro benzene ring substituents is 1. The van der Waals surface area contributed by atoms with Crippen LogP contribution >= 0.6 is 0 Å². The number of piperidine rings is 1. The standard InChI is InChI=1S/C22H26N2O7/c1-12-7-8-17-13(2)18(25)23(19(26)14-5-4-6-15(11-14)24(27)28)20-22(17)16(12)9-10-21(3,29-20)30-31-22/h4-6,11-13,16-17,20H,7-10H2,1-3H3/t12-,13-,16+,17+,20-,21+,22-/m1/s1. The molecule has 9 nitrogen and oxygen atoms in total. The number of carbonyl (C=O) groups is 2. The van der Waals surface area contributed by atoms with Gasteiger partial charge in [0, 0.05) is 36.0 Å². The number of fused-ring (bicyclic) bond motifs is 2. The summed E-state index contributed by atoms with van der Waals surface area (Å²) in [6.45, 7) is 5.75. The molecule has 4 saturated heterocycles. The third-order valence-electron chi connectivity index (χ3n) is 7.79. The summed E-state index contributed by atoms with van der Waals surface area (Å²) in [5.74, 6) is -2.25. The zero-order chi connectivity index (χ0) is 22.1. The Morgan fingerprint density at radius 1 is 1.19 bits per heavy atom. The lowest BCUT2D eigenvalue weighted by Gasteiger charge is -2.61. The highest BCUT2D eigenvalue weighted by Gasteiger charge is 2.71. The predicted molar refractivity (Wildman–Crippen MR) is 106 cm³/mol. The van der Waals surface area contributed by atoms with Gasteiger partial charge in [0.15, 0.2) is 11.8 Å². The molecule has 1 spiro atoms. The molecule has 0 radical (unpaired) electrons. The van der Waals surface area contributed by atoms with Crippen molar-refractivity contribution in [1.82, 2.24) is 4.90 Å². The van der Waals surface area contributed by atoms with Crippen LogP contribution in [0.5, 0.6) is 0 Å². The SMILES string of the molecule is C[C@@H]1CC[C@H]2[C@@H](C)C(=O)N(C(=O)c3cccc([N+](=O)[O-])c3)[C@@H]3O[C@]4(C)CC[C@@H]1[C@@]23OO4. The number of carbonyl (C=O) groups excluding carboxylic acids is 2. The quantitative estimate of drug-likeness (QED) is 0.306. The summed E-state index contributed by atoms with van der Waals surface area (Å²) in [6, 6.07) is 5.43. The molecule has 7 atom stereocenters. The van der Waals surface area contributed by atoms with Gasteiger partial charge in [-0.05, 0) is 44.1 Å². The van der Waals surface area contributed by atoms with E-state index >= 15 is 0 Å². The first kappa shape index (κ1) is 20.5. The topological polar surface area (TPSA) is 108 Å². The zero-order valence-electron chi connectivity index (χ0n) is 17.8. The van der Waals surface area contributed by atoms with E-state index in [1.807, 2.05) is 6.92 Å². The Morgan fingerprint density at radius 2 is 1.97 bits per heavy atom. The molecule has 1 aromatic rings. The number of rotatable bonds is 2. The van der Waals surface area contributed by atoms with Crippen LogP contribution in [0.25, 0.3) is 0 Å². The average Bonchev–Trinajstić information content (AvgIpc) is 2.98. The van der Waals surface area contributed by atoms with Crippen molar-refractivity contribution in [2.24, 2.45) is 23.7 Å². The van der Waals surface area contributed by atoms with Crippen LogP contribution in [0.1, 0.15) is 56.8 Å². The molecule has 0 N–H and O–H groups in total. The molecule has 6 rings (SSSR count). The molecule has 5 fully saturated rings. The molecule has 9 heteroatoms. The first-order valence-electron chi connectivity index (χ1n) is 10.8. The van der Waals surface area contributed by atoms with E-state index in [0.29, 0.717) is 12.3 Å². The largest absolute Gasteiger partial charge is 0.320 e. The molecular formula is C22H26N2O7. The third-order valence-corrected chi connectivity index (χ3v) is 7.79. The van der Waals surface area contributed by atoms with Crippen molar-refractivity contribution in [3.63, 3.8) is 0 Å². The maximum atomic E-state index is 13.6. The van der Waals surface area contributed by atoms with Crippen molar-refractivity contribution in [1.29, 1.82) is 0 Å². The summed E-state index contributed by atoms with van der Waals surface area (Å²) in [6.07, 6.45) is 2.21. The van der Waals surface area contributed by atoms with Gasteiger partial charge in [0.1, 0.15) is 0 Å². The van der Waals surface area contributed by atoms with Gasteiger partial charge in [0.2, 0.25) is 11.7 Å². The van der Waals surface area contributed by atoms with Crippen molar-refractivity contribution in [2.45, 2.75) is 64.1 Å². The number of hydrogen-bond acceptors (Lipinski definition) is 7. The smallest absolute Gasteiger partial charge is 0.270 e. The molecule has 4 heterocycles. The van der Waals surface area contributed by atoms with Crippen molar-refractivity contribution < 1.29 is 29.0 Å². The maximum absolute atomic E-state index is 13.6. The van der Waals surface area contributed by atoms with E-state index in [1.54, 1.807) is 6.92 Å². The maximum Gasteiger partial charge on any atom is 0.270 e. The van der Waals surface area contributed by atoms with E-state index in [0.717, 1.165) is 24.2 Å². The van der Waals surface area contributed by atoms with Crippen LogP contribution in [-0.2, 0) is 19.3 Å². The second kappa shape index (κ2) is 6.82. The number of nitro groups is 1. The first-order chi connectivity index (χ1) is 14.7. The molecule has 166 valence electrons. The van der Waals surface area contributed by atoms with Crippen LogP contribution in [0.3, 0.4) is 0 Å². The van der Waals surface area contributed by atoms with Gasteiger partial charge in [0.25, 0.3) is 11.6 Å². The fourth-order valence-electron chi connectivity index (χ4n) is 6.16. The van der Waals surface area contributed by atoms with E-state index in [2.05, 4.69) is 6.92 Å². The van der Waals surface area contributed by atoms with Crippen LogP contribution in [0.2, 0.25) is 0 Å². The molecule has 4 aliphatic heterocycles. The third kappa shape index (κ3) is 2.79. The van der Waals surface area contributed by atoms with Crippen molar-refractivity contribution in [3.05, 3.63) is 39.9 Å². The minimum atomic E-state index is -1.07. The summed E-state index contributed by atoms with van der Waals surface area (Å²) in [4.78, 5) is 50.7. The molecule has 0 unspecified atom stereocenters. The Bertz CT molecular complexity index is 967. The van der Waals surface area contributed by atoms with Crippen LogP contribution in [-0.4, -0.2) is 39.3 Å². The van der Waals surface area contributed by atoms with Crippen LogP contribution in [0.4, 0.5) is 5.69 Å². The first-order valence-corrected chi connectivity index (χ1v) is 10.8. The number of hydrogen-bond donors (Lipinski definition) is 0. The number of nitrogens with zero attached hydrogens (tertiary/aromatic N) is 2. The molecule has 5 aliphatic rings. The normalized spacial score (nSPS) is 41.5. The summed E-state index contributed by atoms with van der Waals surface area (Å²) >= 11 is 0. The monoisotopic (exact) mass is 430 g/mol. The Labute approximate surface area is 179 Å².